The topological polar surface area (TPSA) is 52.6 Å². The molecule has 7 aliphatic carbocycles. The fourth-order valence-electron chi connectivity index (χ4n) is 9.86. The third kappa shape index (κ3) is 1.59. The van der Waals surface area contributed by atoms with E-state index in [-0.39, 0.29) is 36.6 Å². The summed E-state index contributed by atoms with van der Waals surface area (Å²) < 4.78 is 12.0. The molecule has 1 aromatic carbocycles. The Bertz CT molecular complexity index is 916. The van der Waals surface area contributed by atoms with Gasteiger partial charge in [0.1, 0.15) is 18.4 Å². The Morgan fingerprint density at radius 1 is 0.690 bits per heavy atom. The molecule has 0 heterocycles. The van der Waals surface area contributed by atoms with E-state index in [0.717, 1.165) is 5.56 Å². The van der Waals surface area contributed by atoms with E-state index in [9.17, 15) is 9.59 Å². The highest BCUT2D eigenvalue weighted by atomic mass is 16.7. The van der Waals surface area contributed by atoms with Gasteiger partial charge < -0.3 is 9.47 Å². The number of carbonyl (C=O) groups excluding carboxylic acids is 2. The summed E-state index contributed by atoms with van der Waals surface area (Å²) in [7, 11) is 0. The average molecular weight is 388 g/mol. The Labute approximate surface area is 169 Å². The lowest BCUT2D eigenvalue weighted by Crippen LogP contribution is -2.39. The van der Waals surface area contributed by atoms with Crippen molar-refractivity contribution in [3.63, 3.8) is 0 Å². The van der Waals surface area contributed by atoms with Crippen LogP contribution in [0.5, 0.6) is 0 Å². The van der Waals surface area contributed by atoms with Crippen LogP contribution < -0.4 is 0 Å². The number of Topliss-reactive ketones (excluding diaryl/α,β-unsaturated/α-hetero) is 2. The predicted molar refractivity (Wildman–Crippen MR) is 102 cm³/mol. The molecule has 3 unspecified atom stereocenters. The van der Waals surface area contributed by atoms with Crippen molar-refractivity contribution in [2.75, 3.05) is 6.79 Å². The molecule has 7 aliphatic rings. The molecule has 0 saturated heterocycles. The van der Waals surface area contributed by atoms with Gasteiger partial charge in [0.25, 0.3) is 0 Å². The largest absolute Gasteiger partial charge is 0.351 e. The number of rotatable bonds is 5. The van der Waals surface area contributed by atoms with Crippen LogP contribution in [-0.4, -0.2) is 24.5 Å². The molecule has 6 saturated carbocycles. The highest BCUT2D eigenvalue weighted by Gasteiger charge is 2.85. The quantitative estimate of drug-likeness (QED) is 0.442. The molecular formula is C25H24O4. The third-order valence-corrected chi connectivity index (χ3v) is 10.1. The zero-order valence-corrected chi connectivity index (χ0v) is 16.1. The molecule has 0 radical (unpaired) electrons. The van der Waals surface area contributed by atoms with Gasteiger partial charge in [-0.25, -0.2) is 0 Å². The van der Waals surface area contributed by atoms with Crippen LogP contribution in [0, 0.1) is 71.0 Å². The highest BCUT2D eigenvalue weighted by molar-refractivity contribution is 5.96. The monoisotopic (exact) mass is 388 g/mol. The van der Waals surface area contributed by atoms with E-state index in [1.54, 1.807) is 0 Å². The molecule has 0 bridgehead atoms. The van der Waals surface area contributed by atoms with Crippen molar-refractivity contribution >= 4 is 11.6 Å². The van der Waals surface area contributed by atoms with Gasteiger partial charge >= 0.3 is 0 Å². The molecule has 1 aromatic rings. The molecule has 29 heavy (non-hydrogen) atoms. The number of hydrogen-bond acceptors (Lipinski definition) is 4. The second-order valence-electron chi connectivity index (χ2n) is 10.5. The predicted octanol–water partition coefficient (Wildman–Crippen LogP) is 2.73. The van der Waals surface area contributed by atoms with E-state index in [1.165, 1.54) is 0 Å². The minimum absolute atomic E-state index is 0.0655. The first-order valence-corrected chi connectivity index (χ1v) is 11.3. The van der Waals surface area contributed by atoms with Crippen LogP contribution in [0.25, 0.3) is 0 Å². The van der Waals surface area contributed by atoms with Gasteiger partial charge in [0, 0.05) is 23.7 Å². The second kappa shape index (κ2) is 5.09. The van der Waals surface area contributed by atoms with Gasteiger partial charge in [-0.3, -0.25) is 9.59 Å². The van der Waals surface area contributed by atoms with Crippen molar-refractivity contribution in [2.24, 2.45) is 71.0 Å². The summed E-state index contributed by atoms with van der Waals surface area (Å²) >= 11 is 0. The van der Waals surface area contributed by atoms with Gasteiger partial charge in [-0.05, 0) is 52.9 Å². The van der Waals surface area contributed by atoms with Gasteiger partial charge in [0.15, 0.2) is 0 Å². The minimum atomic E-state index is -0.254. The third-order valence-electron chi connectivity index (χ3n) is 10.1. The van der Waals surface area contributed by atoms with Crippen LogP contribution in [0.2, 0.25) is 0 Å². The SMILES string of the molecule is O=C1[C@H]2[C@H]3C4C5[C@@H](C=C[C@@H]52)[C@H]2C(=O)[C@H]5C(OCOCc6ccccc6)[C@@H]1[C@H]3[C@@H]5[C@H]42. The van der Waals surface area contributed by atoms with E-state index in [2.05, 4.69) is 12.2 Å². The summed E-state index contributed by atoms with van der Waals surface area (Å²) in [6.45, 7) is 0.653. The molecule has 0 aromatic heterocycles. The lowest BCUT2D eigenvalue weighted by molar-refractivity contribution is -0.149. The molecule has 6 fully saturated rings. The Balaban J connectivity index is 1.11. The van der Waals surface area contributed by atoms with Crippen molar-refractivity contribution in [1.82, 2.24) is 0 Å². The van der Waals surface area contributed by atoms with E-state index >= 15 is 0 Å². The van der Waals surface area contributed by atoms with Gasteiger partial charge in [-0.1, -0.05) is 42.5 Å². The van der Waals surface area contributed by atoms with Gasteiger partial charge in [0.2, 0.25) is 0 Å². The van der Waals surface area contributed by atoms with E-state index in [1.807, 2.05) is 30.3 Å². The summed E-state index contributed by atoms with van der Waals surface area (Å²) in [6, 6.07) is 10.0. The maximum atomic E-state index is 13.6. The first-order chi connectivity index (χ1) is 14.3. The molecular weight excluding hydrogens is 364 g/mol. The normalized spacial score (nSPS) is 55.8. The molecule has 4 heteroatoms. The zero-order valence-electron chi connectivity index (χ0n) is 16.1. The summed E-state index contributed by atoms with van der Waals surface area (Å²) in [5.41, 5.74) is 1.11. The zero-order chi connectivity index (χ0) is 19.0. The van der Waals surface area contributed by atoms with Crippen molar-refractivity contribution in [3.05, 3.63) is 48.0 Å². The number of benzene rings is 1. The van der Waals surface area contributed by atoms with Gasteiger partial charge in [-0.15, -0.1) is 0 Å². The van der Waals surface area contributed by atoms with Crippen molar-refractivity contribution < 1.29 is 19.1 Å². The number of fused-ring (bicyclic) bond motifs is 2. The molecule has 8 rings (SSSR count). The van der Waals surface area contributed by atoms with Crippen LogP contribution in [0.4, 0.5) is 0 Å². The summed E-state index contributed by atoms with van der Waals surface area (Å²) in [5.74, 6) is 5.01. The fourth-order valence-corrected chi connectivity index (χ4v) is 9.86. The van der Waals surface area contributed by atoms with Crippen LogP contribution in [0.1, 0.15) is 5.56 Å². The van der Waals surface area contributed by atoms with E-state index in [4.69, 9.17) is 9.47 Å². The maximum absolute atomic E-state index is 13.6. The van der Waals surface area contributed by atoms with Gasteiger partial charge in [-0.2, -0.15) is 0 Å². The van der Waals surface area contributed by atoms with E-state index < -0.39 is 0 Å². The Morgan fingerprint density at radius 3 is 1.90 bits per heavy atom. The average Bonchev–Trinajstić information content (AvgIpc) is 3.51. The number of carbonyl (C=O) groups is 2. The van der Waals surface area contributed by atoms with E-state index in [0.29, 0.717) is 65.5 Å². The second-order valence-corrected chi connectivity index (χ2v) is 10.5. The Morgan fingerprint density at radius 2 is 1.28 bits per heavy atom. The molecule has 13 atom stereocenters. The number of ether oxygens (including phenoxy) is 2. The van der Waals surface area contributed by atoms with Crippen LogP contribution in [0.3, 0.4) is 0 Å². The molecule has 0 N–H and O–H groups in total. The summed E-state index contributed by atoms with van der Waals surface area (Å²) in [4.78, 5) is 27.1. The van der Waals surface area contributed by atoms with Crippen molar-refractivity contribution in [1.29, 1.82) is 0 Å². The van der Waals surface area contributed by atoms with Crippen LogP contribution in [-0.2, 0) is 25.7 Å². The van der Waals surface area contributed by atoms with Crippen LogP contribution in [0.15, 0.2) is 42.5 Å². The Kier molecular flexibility index (Phi) is 2.81. The smallest absolute Gasteiger partial charge is 0.147 e. The summed E-state index contributed by atoms with van der Waals surface area (Å²) in [6.07, 6.45) is 4.37. The van der Waals surface area contributed by atoms with Crippen LogP contribution >= 0.6 is 0 Å². The fraction of sp³-hybridized carbons (Fsp3) is 0.600. The molecule has 0 amide bonds. The standard InChI is InChI=1S/C25H24O4/c26-23-14-11-6-7-12-13(11)16-17(14)19-20-18(16)15(12)24(27)22(20)25(21(19)23)29-9-28-8-10-4-2-1-3-5-10/h1-7,11-22,25H,8-9H2/t11-,12+,13?,14-,15-,16?,17+,18+,19+,20-,21+,22-,25?/m1/s1. The lowest BCUT2D eigenvalue weighted by atomic mass is 9.78. The molecule has 0 aliphatic heterocycles. The first-order valence-electron chi connectivity index (χ1n) is 11.3. The molecule has 4 nitrogen and oxygen atoms in total. The summed E-state index contributed by atoms with van der Waals surface area (Å²) in [5, 5.41) is 0. The van der Waals surface area contributed by atoms with Gasteiger partial charge in [0.05, 0.1) is 12.7 Å². The first kappa shape index (κ1) is 16.0. The number of ketones is 2. The maximum Gasteiger partial charge on any atom is 0.147 e. The lowest BCUT2D eigenvalue weighted by Gasteiger charge is -2.28. The molecule has 148 valence electrons. The minimum Gasteiger partial charge on any atom is -0.351 e. The number of allylic oxidation sites excluding steroid dienone is 2. The van der Waals surface area contributed by atoms with Crippen molar-refractivity contribution in [3.8, 4) is 0 Å². The Hall–Kier alpha value is -1.78. The highest BCUT2D eigenvalue weighted by Crippen LogP contribution is 2.82. The van der Waals surface area contributed by atoms with Crippen molar-refractivity contribution in [2.45, 2.75) is 12.7 Å². The number of hydrogen-bond donors (Lipinski definition) is 0. The molecule has 0 spiro atoms.